The van der Waals surface area contributed by atoms with Crippen LogP contribution in [0, 0.1) is 6.92 Å². The maximum atomic E-state index is 12.0. The van der Waals surface area contributed by atoms with Crippen molar-refractivity contribution in [3.05, 3.63) is 23.8 Å². The van der Waals surface area contributed by atoms with Crippen LogP contribution in [-0.2, 0) is 7.05 Å². The molecule has 21 heavy (non-hydrogen) atoms. The van der Waals surface area contributed by atoms with Crippen LogP contribution in [0.4, 0.5) is 0 Å². The van der Waals surface area contributed by atoms with Crippen LogP contribution < -0.4 is 10.6 Å². The average molecular weight is 314 g/mol. The number of nitrogens with zero attached hydrogens (tertiary/aromatic N) is 3. The van der Waals surface area contributed by atoms with Gasteiger partial charge in [-0.1, -0.05) is 0 Å². The van der Waals surface area contributed by atoms with Crippen molar-refractivity contribution in [1.29, 1.82) is 0 Å². The van der Waals surface area contributed by atoms with Gasteiger partial charge in [0.1, 0.15) is 5.76 Å². The van der Waals surface area contributed by atoms with E-state index in [4.69, 9.17) is 4.42 Å². The fourth-order valence-corrected chi connectivity index (χ4v) is 1.81. The number of amides is 1. The van der Waals surface area contributed by atoms with Gasteiger partial charge in [-0.15, -0.1) is 12.4 Å². The smallest absolute Gasteiger partial charge is 0.273 e. The molecule has 1 amide bonds. The maximum Gasteiger partial charge on any atom is 0.273 e. The van der Waals surface area contributed by atoms with Crippen molar-refractivity contribution in [2.24, 2.45) is 7.05 Å². The molecule has 0 saturated heterocycles. The summed E-state index contributed by atoms with van der Waals surface area (Å²) >= 11 is 0. The first-order chi connectivity index (χ1) is 9.61. The molecule has 2 aromatic heterocycles. The van der Waals surface area contributed by atoms with Crippen molar-refractivity contribution in [2.45, 2.75) is 13.3 Å². The van der Waals surface area contributed by atoms with Gasteiger partial charge in [0, 0.05) is 19.8 Å². The number of carbonyl (C=O) groups is 1. The van der Waals surface area contributed by atoms with E-state index in [9.17, 15) is 4.79 Å². The summed E-state index contributed by atoms with van der Waals surface area (Å²) in [5.74, 6) is 0.712. The molecular weight excluding hydrogens is 294 g/mol. The van der Waals surface area contributed by atoms with Crippen LogP contribution >= 0.6 is 12.4 Å². The van der Waals surface area contributed by atoms with Gasteiger partial charge in [-0.05, 0) is 26.9 Å². The number of rotatable bonds is 6. The summed E-state index contributed by atoms with van der Waals surface area (Å²) in [6.45, 7) is 3.20. The Hall–Kier alpha value is -1.86. The summed E-state index contributed by atoms with van der Waals surface area (Å²) < 4.78 is 7.18. The van der Waals surface area contributed by atoms with Crippen LogP contribution in [0.1, 0.15) is 22.7 Å². The first kappa shape index (κ1) is 17.2. The summed E-state index contributed by atoms with van der Waals surface area (Å²) in [4.78, 5) is 16.2. The molecule has 0 aromatic carbocycles. The molecule has 7 nitrogen and oxygen atoms in total. The molecule has 0 aliphatic rings. The zero-order valence-corrected chi connectivity index (χ0v) is 13.2. The molecule has 0 spiro atoms. The van der Waals surface area contributed by atoms with Crippen LogP contribution in [0.5, 0.6) is 0 Å². The van der Waals surface area contributed by atoms with Crippen LogP contribution in [0.3, 0.4) is 0 Å². The standard InChI is InChI=1S/C13H19N5O2.ClH/c1-9-11(12(19)15-6-4-5-14-2)17-13(20-9)10-7-16-18(3)8-10;/h7-8,14H,4-6H2,1-3H3,(H,15,19);1H. The highest BCUT2D eigenvalue weighted by Crippen LogP contribution is 2.20. The number of nitrogens with one attached hydrogen (secondary N) is 2. The molecule has 0 bridgehead atoms. The minimum Gasteiger partial charge on any atom is -0.440 e. The number of hydrogen-bond donors (Lipinski definition) is 2. The minimum absolute atomic E-state index is 0. The number of carbonyl (C=O) groups excluding carboxylic acids is 1. The molecule has 2 N–H and O–H groups in total. The van der Waals surface area contributed by atoms with Crippen LogP contribution in [0.15, 0.2) is 16.8 Å². The Kier molecular flexibility index (Phi) is 6.39. The largest absolute Gasteiger partial charge is 0.440 e. The highest BCUT2D eigenvalue weighted by Gasteiger charge is 2.18. The molecule has 2 aromatic rings. The van der Waals surface area contributed by atoms with Gasteiger partial charge in [0.05, 0.1) is 11.8 Å². The third-order valence-corrected chi connectivity index (χ3v) is 2.85. The van der Waals surface area contributed by atoms with Gasteiger partial charge in [0.25, 0.3) is 5.91 Å². The second-order valence-electron chi connectivity index (χ2n) is 4.54. The third-order valence-electron chi connectivity index (χ3n) is 2.85. The van der Waals surface area contributed by atoms with E-state index in [0.717, 1.165) is 18.5 Å². The molecule has 116 valence electrons. The Labute approximate surface area is 129 Å². The van der Waals surface area contributed by atoms with Crippen LogP contribution in [0.2, 0.25) is 0 Å². The summed E-state index contributed by atoms with van der Waals surface area (Å²) in [6, 6.07) is 0. The number of halogens is 1. The van der Waals surface area contributed by atoms with Crippen LogP contribution in [0.25, 0.3) is 11.5 Å². The molecule has 0 radical (unpaired) electrons. The highest BCUT2D eigenvalue weighted by molar-refractivity contribution is 5.93. The molecular formula is C13H20ClN5O2. The lowest BCUT2D eigenvalue weighted by Gasteiger charge is -2.02. The summed E-state index contributed by atoms with van der Waals surface area (Å²) in [5.41, 5.74) is 1.08. The lowest BCUT2D eigenvalue weighted by atomic mass is 10.3. The number of oxazole rings is 1. The fourth-order valence-electron chi connectivity index (χ4n) is 1.81. The van der Waals surface area contributed by atoms with E-state index < -0.39 is 0 Å². The normalized spacial score (nSPS) is 10.2. The Bertz CT molecular complexity index is 593. The molecule has 0 saturated carbocycles. The van der Waals surface area contributed by atoms with E-state index in [1.807, 2.05) is 14.1 Å². The molecule has 0 unspecified atom stereocenters. The molecule has 8 heteroatoms. The monoisotopic (exact) mass is 313 g/mol. The van der Waals surface area contributed by atoms with Gasteiger partial charge in [0.15, 0.2) is 5.69 Å². The first-order valence-electron chi connectivity index (χ1n) is 6.51. The number of hydrogen-bond acceptors (Lipinski definition) is 5. The lowest BCUT2D eigenvalue weighted by Crippen LogP contribution is -2.27. The Balaban J connectivity index is 0.00000220. The lowest BCUT2D eigenvalue weighted by molar-refractivity contribution is 0.0947. The van der Waals surface area contributed by atoms with E-state index in [-0.39, 0.29) is 18.3 Å². The van der Waals surface area contributed by atoms with E-state index in [0.29, 0.717) is 23.9 Å². The van der Waals surface area contributed by atoms with Crippen molar-refractivity contribution in [3.63, 3.8) is 0 Å². The predicted molar refractivity (Wildman–Crippen MR) is 81.6 cm³/mol. The zero-order chi connectivity index (χ0) is 14.5. The maximum absolute atomic E-state index is 12.0. The van der Waals surface area contributed by atoms with E-state index in [1.165, 1.54) is 0 Å². The summed E-state index contributed by atoms with van der Waals surface area (Å²) in [7, 11) is 3.69. The van der Waals surface area contributed by atoms with E-state index in [2.05, 4.69) is 20.7 Å². The van der Waals surface area contributed by atoms with E-state index >= 15 is 0 Å². The summed E-state index contributed by atoms with van der Waals surface area (Å²) in [6.07, 6.45) is 4.31. The molecule has 0 atom stereocenters. The third kappa shape index (κ3) is 4.30. The van der Waals surface area contributed by atoms with Gasteiger partial charge < -0.3 is 15.1 Å². The van der Waals surface area contributed by atoms with Gasteiger partial charge in [-0.25, -0.2) is 4.98 Å². The van der Waals surface area contributed by atoms with Gasteiger partial charge in [-0.2, -0.15) is 5.10 Å². The van der Waals surface area contributed by atoms with Crippen molar-refractivity contribution >= 4 is 18.3 Å². The number of aryl methyl sites for hydroxylation is 2. The highest BCUT2D eigenvalue weighted by atomic mass is 35.5. The Morgan fingerprint density at radius 3 is 2.81 bits per heavy atom. The van der Waals surface area contributed by atoms with Crippen molar-refractivity contribution in [3.8, 4) is 11.5 Å². The molecule has 2 rings (SSSR count). The molecule has 0 aliphatic heterocycles. The Morgan fingerprint density at radius 1 is 1.43 bits per heavy atom. The topological polar surface area (TPSA) is 85.0 Å². The molecule has 0 aliphatic carbocycles. The van der Waals surface area contributed by atoms with Crippen molar-refractivity contribution in [2.75, 3.05) is 20.1 Å². The second-order valence-corrected chi connectivity index (χ2v) is 4.54. The fraction of sp³-hybridized carbons (Fsp3) is 0.462. The second kappa shape index (κ2) is 7.80. The predicted octanol–water partition coefficient (Wildman–Crippen LogP) is 1.14. The average Bonchev–Trinajstić information content (AvgIpc) is 3.00. The van der Waals surface area contributed by atoms with Gasteiger partial charge >= 0.3 is 0 Å². The van der Waals surface area contributed by atoms with Crippen LogP contribution in [-0.4, -0.2) is 40.8 Å². The minimum atomic E-state index is -0.211. The molecule has 0 fully saturated rings. The first-order valence-corrected chi connectivity index (χ1v) is 6.51. The molecule has 2 heterocycles. The van der Waals surface area contributed by atoms with Gasteiger partial charge in [0.2, 0.25) is 5.89 Å². The SMILES string of the molecule is CNCCCNC(=O)c1nc(-c2cnn(C)c2)oc1C.Cl. The van der Waals surface area contributed by atoms with E-state index in [1.54, 1.807) is 24.0 Å². The van der Waals surface area contributed by atoms with Crippen molar-refractivity contribution < 1.29 is 9.21 Å². The summed E-state index contributed by atoms with van der Waals surface area (Å²) in [5, 5.41) is 9.90. The zero-order valence-electron chi connectivity index (χ0n) is 12.3. The quantitative estimate of drug-likeness (QED) is 0.781. The Morgan fingerprint density at radius 2 is 2.19 bits per heavy atom. The van der Waals surface area contributed by atoms with Crippen molar-refractivity contribution in [1.82, 2.24) is 25.4 Å². The number of aromatic nitrogens is 3. The van der Waals surface area contributed by atoms with Gasteiger partial charge in [-0.3, -0.25) is 9.48 Å².